The highest BCUT2D eigenvalue weighted by molar-refractivity contribution is 7.14. The number of oxime groups is 1. The van der Waals surface area contributed by atoms with Gasteiger partial charge in [-0.15, -0.1) is 11.3 Å². The Balaban J connectivity index is 2.10. The van der Waals surface area contributed by atoms with Gasteiger partial charge in [0, 0.05) is 16.0 Å². The molecule has 1 aromatic heterocycles. The summed E-state index contributed by atoms with van der Waals surface area (Å²) in [5.41, 5.74) is 4.43. The van der Waals surface area contributed by atoms with Gasteiger partial charge in [0.25, 0.3) is 0 Å². The fourth-order valence-corrected chi connectivity index (χ4v) is 4.31. The molecule has 0 unspecified atom stereocenters. The molecule has 0 aliphatic heterocycles. The molecule has 0 atom stereocenters. The van der Waals surface area contributed by atoms with Gasteiger partial charge in [-0.3, -0.25) is 0 Å². The van der Waals surface area contributed by atoms with Crippen molar-refractivity contribution in [3.63, 3.8) is 0 Å². The summed E-state index contributed by atoms with van der Waals surface area (Å²) in [6.45, 7) is 3.53. The predicted molar refractivity (Wildman–Crippen MR) is 115 cm³/mol. The zero-order valence-corrected chi connectivity index (χ0v) is 17.1. The molecule has 148 valence electrons. The van der Waals surface area contributed by atoms with Gasteiger partial charge in [0.1, 0.15) is 10.9 Å². The molecule has 3 rings (SSSR count). The van der Waals surface area contributed by atoms with Crippen LogP contribution in [0, 0.1) is 22.7 Å². The van der Waals surface area contributed by atoms with E-state index in [0.717, 1.165) is 21.8 Å². The molecule has 0 saturated heterocycles. The number of hydrogen-bond donors (Lipinski definition) is 2. The Bertz CT molecular complexity index is 1240. The monoisotopic (exact) mass is 415 g/mol. The first-order valence-corrected chi connectivity index (χ1v) is 9.89. The summed E-state index contributed by atoms with van der Waals surface area (Å²) in [7, 11) is 0. The summed E-state index contributed by atoms with van der Waals surface area (Å²) < 4.78 is 0. The van der Waals surface area contributed by atoms with E-state index in [1.807, 2.05) is 6.92 Å². The number of rotatable bonds is 5. The molecular weight excluding hydrogens is 398 g/mol. The van der Waals surface area contributed by atoms with Crippen molar-refractivity contribution in [2.24, 2.45) is 5.16 Å². The molecule has 0 aliphatic rings. The van der Waals surface area contributed by atoms with E-state index >= 15 is 0 Å². The number of carboxylic acid groups (broad SMARTS) is 1. The van der Waals surface area contributed by atoms with E-state index in [4.69, 9.17) is 5.21 Å². The van der Waals surface area contributed by atoms with E-state index in [-0.39, 0.29) is 4.88 Å². The van der Waals surface area contributed by atoms with Gasteiger partial charge in [0.2, 0.25) is 0 Å². The highest BCUT2D eigenvalue weighted by Crippen LogP contribution is 2.38. The maximum absolute atomic E-state index is 11.7. The lowest BCUT2D eigenvalue weighted by Crippen LogP contribution is -1.97. The Morgan fingerprint density at radius 2 is 1.77 bits per heavy atom. The molecule has 2 N–H and O–H groups in total. The van der Waals surface area contributed by atoms with Crippen LogP contribution in [-0.4, -0.2) is 22.0 Å². The van der Waals surface area contributed by atoms with Crippen molar-refractivity contribution in [1.29, 1.82) is 10.5 Å². The molecule has 0 saturated carbocycles. The van der Waals surface area contributed by atoms with Gasteiger partial charge in [-0.2, -0.15) is 10.5 Å². The van der Waals surface area contributed by atoms with Gasteiger partial charge in [0.15, 0.2) is 0 Å². The van der Waals surface area contributed by atoms with Gasteiger partial charge in [-0.05, 0) is 36.1 Å². The smallest absolute Gasteiger partial charge is 0.346 e. The molecule has 2 aromatic carbocycles. The van der Waals surface area contributed by atoms with Crippen LogP contribution in [0.4, 0.5) is 0 Å². The fraction of sp³-hybridized carbons (Fsp3) is 0.130. The normalized spacial score (nSPS) is 11.0. The second-order valence-corrected chi connectivity index (χ2v) is 7.61. The number of hydrogen-bond acceptors (Lipinski definition) is 6. The molecular formula is C23H17N3O3S. The van der Waals surface area contributed by atoms with Crippen molar-refractivity contribution in [3.8, 4) is 34.4 Å². The van der Waals surface area contributed by atoms with Gasteiger partial charge < -0.3 is 10.3 Å². The lowest BCUT2D eigenvalue weighted by molar-refractivity contribution is 0.0703. The maximum atomic E-state index is 11.7. The number of aryl methyl sites for hydroxylation is 1. The van der Waals surface area contributed by atoms with Crippen molar-refractivity contribution in [2.45, 2.75) is 20.3 Å². The SMILES string of the molecule is CCc1sc(C(=O)O)c(-c2ccc(-c3ccc(C(C)=NO)cc3C#N)cc2)c1C#N. The fourth-order valence-electron chi connectivity index (χ4n) is 3.26. The van der Waals surface area contributed by atoms with Crippen LogP contribution in [0.3, 0.4) is 0 Å². The van der Waals surface area contributed by atoms with Crippen LogP contribution in [0.2, 0.25) is 0 Å². The largest absolute Gasteiger partial charge is 0.477 e. The predicted octanol–water partition coefficient (Wildman–Crippen LogP) is 5.28. The summed E-state index contributed by atoms with van der Waals surface area (Å²) in [6.07, 6.45) is 0.584. The average molecular weight is 415 g/mol. The van der Waals surface area contributed by atoms with Crippen molar-refractivity contribution >= 4 is 23.0 Å². The number of carboxylic acids is 1. The average Bonchev–Trinajstić information content (AvgIpc) is 3.17. The summed E-state index contributed by atoms with van der Waals surface area (Å²) in [6, 6.07) is 16.6. The van der Waals surface area contributed by atoms with E-state index in [9.17, 15) is 20.4 Å². The number of thiophene rings is 1. The minimum Gasteiger partial charge on any atom is -0.477 e. The lowest BCUT2D eigenvalue weighted by Gasteiger charge is -2.09. The van der Waals surface area contributed by atoms with E-state index in [1.165, 1.54) is 0 Å². The van der Waals surface area contributed by atoms with Crippen molar-refractivity contribution in [2.75, 3.05) is 0 Å². The molecule has 3 aromatic rings. The van der Waals surface area contributed by atoms with Crippen LogP contribution in [0.25, 0.3) is 22.3 Å². The molecule has 6 nitrogen and oxygen atoms in total. The molecule has 0 amide bonds. The van der Waals surface area contributed by atoms with Gasteiger partial charge in [-0.1, -0.05) is 48.5 Å². The van der Waals surface area contributed by atoms with Crippen LogP contribution in [-0.2, 0) is 6.42 Å². The van der Waals surface area contributed by atoms with E-state index in [0.29, 0.717) is 45.5 Å². The third-order valence-electron chi connectivity index (χ3n) is 4.80. The van der Waals surface area contributed by atoms with Crippen LogP contribution in [0.1, 0.15) is 45.1 Å². The Morgan fingerprint density at radius 1 is 1.10 bits per heavy atom. The minimum absolute atomic E-state index is 0.150. The first kappa shape index (κ1) is 20.8. The zero-order valence-electron chi connectivity index (χ0n) is 16.3. The van der Waals surface area contributed by atoms with Crippen LogP contribution in [0.5, 0.6) is 0 Å². The lowest BCUT2D eigenvalue weighted by atomic mass is 9.94. The number of carbonyl (C=O) groups is 1. The molecule has 0 bridgehead atoms. The van der Waals surface area contributed by atoms with E-state index in [2.05, 4.69) is 17.3 Å². The highest BCUT2D eigenvalue weighted by Gasteiger charge is 2.23. The number of nitriles is 2. The summed E-state index contributed by atoms with van der Waals surface area (Å²) in [4.78, 5) is 12.6. The summed E-state index contributed by atoms with van der Waals surface area (Å²) >= 11 is 1.13. The molecule has 1 heterocycles. The first-order valence-electron chi connectivity index (χ1n) is 9.08. The second-order valence-electron chi connectivity index (χ2n) is 6.51. The van der Waals surface area contributed by atoms with Crippen molar-refractivity contribution in [3.05, 3.63) is 68.9 Å². The Labute approximate surface area is 177 Å². The third-order valence-corrected chi connectivity index (χ3v) is 6.12. The van der Waals surface area contributed by atoms with Crippen molar-refractivity contribution in [1.82, 2.24) is 0 Å². The third kappa shape index (κ3) is 3.67. The van der Waals surface area contributed by atoms with Gasteiger partial charge in [0.05, 0.1) is 22.9 Å². The number of nitrogens with zero attached hydrogens (tertiary/aromatic N) is 3. The summed E-state index contributed by atoms with van der Waals surface area (Å²) in [5.74, 6) is -1.06. The minimum atomic E-state index is -1.06. The van der Waals surface area contributed by atoms with E-state index < -0.39 is 5.97 Å². The number of benzene rings is 2. The Hall–Kier alpha value is -3.94. The summed E-state index contributed by atoms with van der Waals surface area (Å²) in [5, 5.41) is 40.8. The zero-order chi connectivity index (χ0) is 21.8. The van der Waals surface area contributed by atoms with Gasteiger partial charge in [-0.25, -0.2) is 4.79 Å². The topological polar surface area (TPSA) is 117 Å². The molecule has 0 radical (unpaired) electrons. The molecule has 0 spiro atoms. The standard InChI is InChI=1S/C23H17N3O3S/c1-3-20-19(12-25)21(22(30-20)23(27)28)15-6-4-14(5-7-15)18-9-8-16(13(2)26-29)10-17(18)11-24/h4-10,29H,3H2,1-2H3,(H,27,28). The second kappa shape index (κ2) is 8.60. The van der Waals surface area contributed by atoms with Crippen molar-refractivity contribution < 1.29 is 15.1 Å². The van der Waals surface area contributed by atoms with Crippen LogP contribution < -0.4 is 0 Å². The quantitative estimate of drug-likeness (QED) is 0.334. The number of aromatic carboxylic acids is 1. The maximum Gasteiger partial charge on any atom is 0.346 e. The molecule has 0 fully saturated rings. The molecule has 7 heteroatoms. The van der Waals surface area contributed by atoms with Gasteiger partial charge >= 0.3 is 5.97 Å². The Kier molecular flexibility index (Phi) is 5.96. The highest BCUT2D eigenvalue weighted by atomic mass is 32.1. The van der Waals surface area contributed by atoms with E-state index in [1.54, 1.807) is 49.4 Å². The van der Waals surface area contributed by atoms with Crippen LogP contribution in [0.15, 0.2) is 47.6 Å². The first-order chi connectivity index (χ1) is 14.4. The molecule has 0 aliphatic carbocycles. The van der Waals surface area contributed by atoms with Crippen LogP contribution >= 0.6 is 11.3 Å². The molecule has 30 heavy (non-hydrogen) atoms. The Morgan fingerprint density at radius 3 is 2.30 bits per heavy atom.